The molecular weight excluding hydrogens is 612 g/mol. The number of thioether (sulfide) groups is 1. The molecule has 8 nitrogen and oxygen atoms in total. The molecule has 2 N–H and O–H groups in total. The summed E-state index contributed by atoms with van der Waals surface area (Å²) >= 11 is 9.28. The van der Waals surface area contributed by atoms with Crippen molar-refractivity contribution in [3.8, 4) is 0 Å². The summed E-state index contributed by atoms with van der Waals surface area (Å²) in [5, 5.41) is 4.34. The minimum atomic E-state index is -4.17. The molecule has 0 fully saturated rings. The lowest BCUT2D eigenvalue weighted by molar-refractivity contribution is -0.667. The van der Waals surface area contributed by atoms with E-state index in [9.17, 15) is 25.9 Å². The monoisotopic (exact) mass is 637 g/mol. The van der Waals surface area contributed by atoms with Crippen LogP contribution in [0.25, 0.3) is 27.1 Å². The van der Waals surface area contributed by atoms with Crippen molar-refractivity contribution < 1.29 is 30.5 Å². The normalized spacial score (nSPS) is 15.4. The third kappa shape index (κ3) is 6.71. The van der Waals surface area contributed by atoms with E-state index in [1.54, 1.807) is 23.5 Å². The van der Waals surface area contributed by atoms with E-state index in [4.69, 9.17) is 11.6 Å². The Bertz CT molecular complexity index is 1900. The van der Waals surface area contributed by atoms with Crippen molar-refractivity contribution in [2.24, 2.45) is 0 Å². The number of rotatable bonds is 9. The van der Waals surface area contributed by atoms with Crippen LogP contribution >= 0.6 is 34.7 Å². The van der Waals surface area contributed by atoms with Gasteiger partial charge in [0.1, 0.15) is 4.70 Å². The molecule has 210 valence electrons. The van der Waals surface area contributed by atoms with Crippen molar-refractivity contribution in [2.75, 3.05) is 23.0 Å². The highest BCUT2D eigenvalue weighted by molar-refractivity contribution is 8.03. The first kappa shape index (κ1) is 29.1. The van der Waals surface area contributed by atoms with Crippen LogP contribution < -0.4 is 9.47 Å². The highest BCUT2D eigenvalue weighted by Gasteiger charge is 2.27. The van der Waals surface area contributed by atoms with Crippen LogP contribution in [0.4, 0.5) is 5.69 Å². The number of thiazole rings is 1. The van der Waals surface area contributed by atoms with Gasteiger partial charge in [0.15, 0.2) is 6.54 Å². The average molecular weight is 638 g/mol. The van der Waals surface area contributed by atoms with E-state index in [-0.39, 0.29) is 18.7 Å². The molecule has 0 unspecified atom stereocenters. The molecule has 1 aliphatic heterocycles. The fourth-order valence-electron chi connectivity index (χ4n) is 4.66. The lowest BCUT2D eigenvalue weighted by Crippen LogP contribution is -2.36. The third-order valence-corrected chi connectivity index (χ3v) is 10.3. The summed E-state index contributed by atoms with van der Waals surface area (Å²) in [6, 6.07) is 17.5. The molecule has 5 rings (SSSR count). The zero-order valence-electron chi connectivity index (χ0n) is 21.3. The molecule has 0 bridgehead atoms. The number of benzene rings is 3. The Kier molecular flexibility index (Phi) is 8.31. The fraction of sp³-hybridized carbons (Fsp3) is 0.222. The maximum Gasteiger partial charge on any atom is 0.266 e. The molecule has 0 atom stereocenters. The Morgan fingerprint density at radius 1 is 1.02 bits per heavy atom. The van der Waals surface area contributed by atoms with Gasteiger partial charge in [0, 0.05) is 29.0 Å². The Morgan fingerprint density at radius 2 is 1.77 bits per heavy atom. The molecule has 2 heterocycles. The molecule has 13 heteroatoms. The van der Waals surface area contributed by atoms with Crippen molar-refractivity contribution in [2.45, 2.75) is 24.8 Å². The van der Waals surface area contributed by atoms with Gasteiger partial charge in [0.05, 0.1) is 27.6 Å². The highest BCUT2D eigenvalue weighted by Crippen LogP contribution is 2.47. The van der Waals surface area contributed by atoms with E-state index >= 15 is 0 Å². The van der Waals surface area contributed by atoms with Crippen molar-refractivity contribution in [1.82, 2.24) is 0 Å². The minimum absolute atomic E-state index is 0.0583. The predicted octanol–water partition coefficient (Wildman–Crippen LogP) is 6.02. The topological polar surface area (TPSA) is 116 Å². The van der Waals surface area contributed by atoms with E-state index in [1.807, 2.05) is 54.3 Å². The number of hydrogen-bond donors (Lipinski definition) is 2. The van der Waals surface area contributed by atoms with Gasteiger partial charge in [-0.3, -0.25) is 9.11 Å². The second-order valence-electron chi connectivity index (χ2n) is 9.39. The molecule has 0 aliphatic carbocycles. The summed E-state index contributed by atoms with van der Waals surface area (Å²) in [6.07, 6.45) is 4.21. The number of anilines is 1. The first-order valence-corrected chi connectivity index (χ1v) is 17.5. The van der Waals surface area contributed by atoms with Crippen LogP contribution in [-0.4, -0.2) is 44.0 Å². The van der Waals surface area contributed by atoms with Gasteiger partial charge < -0.3 is 4.90 Å². The van der Waals surface area contributed by atoms with E-state index in [0.717, 1.165) is 47.2 Å². The van der Waals surface area contributed by atoms with Crippen LogP contribution in [0.5, 0.6) is 0 Å². The van der Waals surface area contributed by atoms with Gasteiger partial charge in [-0.25, -0.2) is 0 Å². The average Bonchev–Trinajstić information content (AvgIpc) is 3.38. The molecular formula is C27H26ClN2O6S4+. The van der Waals surface area contributed by atoms with Gasteiger partial charge in [0.2, 0.25) is 5.52 Å². The van der Waals surface area contributed by atoms with Gasteiger partial charge in [-0.2, -0.15) is 21.4 Å². The van der Waals surface area contributed by atoms with Crippen molar-refractivity contribution in [3.63, 3.8) is 0 Å². The molecule has 0 saturated heterocycles. The second-order valence-corrected chi connectivity index (χ2v) is 15.1. The van der Waals surface area contributed by atoms with E-state index in [0.29, 0.717) is 11.6 Å². The standard InChI is InChI=1S/C27H25ClN2O6S4/c1-18(15-25-29(12-14-40(34,35)36)22-17-20(28)8-10-23(22)37-25)16-26-30(11-4-13-39(31,32)33)27-21-6-3-2-5-19(21)7-9-24(27)38-26/h2-3,5-10,15-17H,4,11-14H2,1H3,(H-,31,32,33,34,35,36)/p+1. The lowest BCUT2D eigenvalue weighted by atomic mass is 10.1. The molecule has 0 saturated carbocycles. The summed E-state index contributed by atoms with van der Waals surface area (Å²) in [7, 11) is -8.26. The Morgan fingerprint density at radius 3 is 2.52 bits per heavy atom. The number of halogens is 1. The SMILES string of the molecule is CC(=Cc1sc2ccc3ccccc3c2[n+]1CCCS(=O)(=O)O)C=C1Sc2ccc(Cl)cc2N1CCS(=O)(=O)O. The zero-order valence-corrected chi connectivity index (χ0v) is 25.3. The maximum absolute atomic E-state index is 11.5. The van der Waals surface area contributed by atoms with Crippen molar-refractivity contribution >= 4 is 87.7 Å². The number of fused-ring (bicyclic) bond motifs is 4. The Labute approximate surface area is 246 Å². The predicted molar refractivity (Wildman–Crippen MR) is 163 cm³/mol. The molecule has 1 aromatic heterocycles. The molecule has 40 heavy (non-hydrogen) atoms. The van der Waals surface area contributed by atoms with Crippen LogP contribution in [0.2, 0.25) is 5.02 Å². The number of nitrogens with zero attached hydrogens (tertiary/aromatic N) is 2. The van der Waals surface area contributed by atoms with Crippen molar-refractivity contribution in [1.29, 1.82) is 0 Å². The summed E-state index contributed by atoms with van der Waals surface area (Å²) in [4.78, 5) is 2.75. The first-order valence-electron chi connectivity index (χ1n) is 12.3. The molecule has 0 spiro atoms. The second kappa shape index (κ2) is 11.4. The van der Waals surface area contributed by atoms with Gasteiger partial charge in [-0.1, -0.05) is 59.0 Å². The van der Waals surface area contributed by atoms with E-state index < -0.39 is 26.0 Å². The zero-order chi connectivity index (χ0) is 28.7. The van der Waals surface area contributed by atoms with Gasteiger partial charge in [-0.05, 0) is 54.3 Å². The summed E-state index contributed by atoms with van der Waals surface area (Å²) in [6.45, 7) is 2.39. The number of hydrogen-bond acceptors (Lipinski definition) is 7. The number of aromatic nitrogens is 1. The lowest BCUT2D eigenvalue weighted by Gasteiger charge is -2.20. The fourth-order valence-corrected chi connectivity index (χ4v) is 8.13. The van der Waals surface area contributed by atoms with Crippen LogP contribution in [0.1, 0.15) is 18.4 Å². The Balaban J connectivity index is 1.56. The highest BCUT2D eigenvalue weighted by atomic mass is 35.5. The summed E-state index contributed by atoms with van der Waals surface area (Å²) in [5.41, 5.74) is 2.66. The molecule has 4 aromatic rings. The van der Waals surface area contributed by atoms with Gasteiger partial charge >= 0.3 is 0 Å². The molecule has 1 aliphatic rings. The molecule has 3 aromatic carbocycles. The van der Waals surface area contributed by atoms with Crippen molar-refractivity contribution in [3.05, 3.63) is 81.3 Å². The number of aryl methyl sites for hydroxylation is 1. The van der Waals surface area contributed by atoms with Gasteiger partial charge in [0.25, 0.3) is 25.2 Å². The van der Waals surface area contributed by atoms with Crippen LogP contribution in [-0.2, 0) is 26.8 Å². The summed E-state index contributed by atoms with van der Waals surface area (Å²) < 4.78 is 67.6. The molecule has 0 radical (unpaired) electrons. The third-order valence-electron chi connectivity index (χ3n) is 6.37. The van der Waals surface area contributed by atoms with Crippen LogP contribution in [0.3, 0.4) is 0 Å². The maximum atomic E-state index is 11.5. The smallest absolute Gasteiger partial charge is 0.266 e. The van der Waals surface area contributed by atoms with Gasteiger partial charge in [-0.15, -0.1) is 0 Å². The minimum Gasteiger partial charge on any atom is -0.334 e. The van der Waals surface area contributed by atoms with E-state index in [2.05, 4.69) is 16.7 Å². The molecule has 0 amide bonds. The van der Waals surface area contributed by atoms with Crippen LogP contribution in [0.15, 0.2) is 76.2 Å². The quantitative estimate of drug-likeness (QED) is 0.169. The summed E-state index contributed by atoms with van der Waals surface area (Å²) in [5.74, 6) is -0.773. The Hall–Kier alpha value is -2.45. The van der Waals surface area contributed by atoms with Crippen LogP contribution in [0, 0.1) is 0 Å². The number of allylic oxidation sites excluding steroid dienone is 2. The van der Waals surface area contributed by atoms with E-state index in [1.165, 1.54) is 11.8 Å². The largest absolute Gasteiger partial charge is 0.334 e. The first-order chi connectivity index (χ1) is 18.9.